The van der Waals surface area contributed by atoms with Crippen LogP contribution < -0.4 is 5.32 Å². The third-order valence-corrected chi connectivity index (χ3v) is 3.45. The maximum Gasteiger partial charge on any atom is 0.137 e. The molecule has 0 amide bonds. The van der Waals surface area contributed by atoms with Crippen LogP contribution in [0.1, 0.15) is 58.4 Å². The van der Waals surface area contributed by atoms with Crippen LogP contribution in [0.15, 0.2) is 6.33 Å². The van der Waals surface area contributed by atoms with Crippen molar-refractivity contribution in [2.24, 2.45) is 0 Å². The van der Waals surface area contributed by atoms with Gasteiger partial charge in [0.1, 0.15) is 17.3 Å². The normalized spacial score (nSPS) is 12.4. The van der Waals surface area contributed by atoms with E-state index in [0.29, 0.717) is 11.2 Å². The monoisotopic (exact) mass is 269 g/mol. The number of rotatable bonds is 8. The van der Waals surface area contributed by atoms with Gasteiger partial charge >= 0.3 is 0 Å². The van der Waals surface area contributed by atoms with Gasteiger partial charge in [0, 0.05) is 11.6 Å². The third kappa shape index (κ3) is 4.81. The molecule has 1 atom stereocenters. The van der Waals surface area contributed by atoms with Crippen LogP contribution in [0.25, 0.3) is 0 Å². The highest BCUT2D eigenvalue weighted by molar-refractivity contribution is 6.30. The lowest BCUT2D eigenvalue weighted by atomic mass is 10.1. The van der Waals surface area contributed by atoms with Crippen LogP contribution in [0.2, 0.25) is 5.15 Å². The Balaban J connectivity index is 2.48. The predicted octanol–water partition coefficient (Wildman–Crippen LogP) is 4.46. The second-order valence-electron chi connectivity index (χ2n) is 4.74. The molecule has 0 aliphatic rings. The molecule has 102 valence electrons. The smallest absolute Gasteiger partial charge is 0.137 e. The number of anilines is 1. The van der Waals surface area contributed by atoms with E-state index >= 15 is 0 Å². The number of halogens is 1. The van der Waals surface area contributed by atoms with E-state index in [1.807, 2.05) is 0 Å². The van der Waals surface area contributed by atoms with Gasteiger partial charge in [-0.1, -0.05) is 51.1 Å². The third-order valence-electron chi connectivity index (χ3n) is 3.12. The number of hydrogen-bond donors (Lipinski definition) is 1. The van der Waals surface area contributed by atoms with Gasteiger partial charge in [0.15, 0.2) is 0 Å². The van der Waals surface area contributed by atoms with Crippen molar-refractivity contribution in [3.8, 4) is 0 Å². The Morgan fingerprint density at radius 2 is 2.00 bits per heavy atom. The fourth-order valence-corrected chi connectivity index (χ4v) is 2.28. The van der Waals surface area contributed by atoms with Crippen molar-refractivity contribution < 1.29 is 0 Å². The lowest BCUT2D eigenvalue weighted by molar-refractivity contribution is 0.592. The molecule has 0 saturated heterocycles. The number of nitrogens with zero attached hydrogens (tertiary/aromatic N) is 2. The van der Waals surface area contributed by atoms with Gasteiger partial charge < -0.3 is 5.32 Å². The van der Waals surface area contributed by atoms with Crippen molar-refractivity contribution in [1.29, 1.82) is 0 Å². The zero-order chi connectivity index (χ0) is 13.4. The van der Waals surface area contributed by atoms with Gasteiger partial charge in [-0.2, -0.15) is 0 Å². The highest BCUT2D eigenvalue weighted by Crippen LogP contribution is 2.21. The Labute approximate surface area is 115 Å². The molecule has 1 rings (SSSR count). The van der Waals surface area contributed by atoms with E-state index in [2.05, 4.69) is 36.1 Å². The Bertz CT molecular complexity index is 355. The van der Waals surface area contributed by atoms with E-state index < -0.39 is 0 Å². The van der Waals surface area contributed by atoms with E-state index in [1.165, 1.54) is 38.4 Å². The van der Waals surface area contributed by atoms with E-state index in [0.717, 1.165) is 17.8 Å². The van der Waals surface area contributed by atoms with E-state index in [9.17, 15) is 0 Å². The maximum atomic E-state index is 6.07. The van der Waals surface area contributed by atoms with Crippen LogP contribution in [-0.2, 0) is 6.42 Å². The molecular formula is C14H24ClN3. The van der Waals surface area contributed by atoms with Gasteiger partial charge in [-0.3, -0.25) is 0 Å². The lowest BCUT2D eigenvalue weighted by Crippen LogP contribution is -2.17. The molecule has 4 heteroatoms. The molecule has 1 heterocycles. The summed E-state index contributed by atoms with van der Waals surface area (Å²) in [7, 11) is 0. The van der Waals surface area contributed by atoms with Gasteiger partial charge in [0.25, 0.3) is 0 Å². The maximum absolute atomic E-state index is 6.07. The molecule has 18 heavy (non-hydrogen) atoms. The van der Waals surface area contributed by atoms with Crippen molar-refractivity contribution in [1.82, 2.24) is 9.97 Å². The average molecular weight is 270 g/mol. The first-order chi connectivity index (χ1) is 8.69. The van der Waals surface area contributed by atoms with Gasteiger partial charge in [0.2, 0.25) is 0 Å². The summed E-state index contributed by atoms with van der Waals surface area (Å²) in [5.74, 6) is 0.889. The second-order valence-corrected chi connectivity index (χ2v) is 5.10. The lowest BCUT2D eigenvalue weighted by Gasteiger charge is -2.16. The summed E-state index contributed by atoms with van der Waals surface area (Å²) in [6, 6.07) is 0.429. The van der Waals surface area contributed by atoms with Gasteiger partial charge in [-0.05, 0) is 19.8 Å². The predicted molar refractivity (Wildman–Crippen MR) is 78.3 cm³/mol. The first-order valence-corrected chi connectivity index (χ1v) is 7.32. The van der Waals surface area contributed by atoms with E-state index in [1.54, 1.807) is 0 Å². The number of hydrogen-bond acceptors (Lipinski definition) is 3. The molecule has 0 aliphatic heterocycles. The molecule has 0 aliphatic carbocycles. The van der Waals surface area contributed by atoms with Crippen molar-refractivity contribution in [2.45, 2.75) is 65.3 Å². The Hall–Kier alpha value is -0.830. The minimum Gasteiger partial charge on any atom is -0.367 e. The second kappa shape index (κ2) is 8.30. The summed E-state index contributed by atoms with van der Waals surface area (Å²) in [5, 5.41) is 4.01. The molecule has 1 unspecified atom stereocenters. The Morgan fingerprint density at radius 1 is 1.22 bits per heavy atom. The van der Waals surface area contributed by atoms with E-state index in [4.69, 9.17) is 11.6 Å². The number of aromatic nitrogens is 2. The zero-order valence-corrected chi connectivity index (χ0v) is 12.4. The number of nitrogens with one attached hydrogen (secondary N) is 1. The minimum absolute atomic E-state index is 0.429. The van der Waals surface area contributed by atoms with E-state index in [-0.39, 0.29) is 0 Å². The SMILES string of the molecule is CCCCCCC(C)Nc1ncnc(Cl)c1CC. The molecule has 1 N–H and O–H groups in total. The van der Waals surface area contributed by atoms with Crippen LogP contribution >= 0.6 is 11.6 Å². The molecule has 0 radical (unpaired) electrons. The van der Waals surface area contributed by atoms with Crippen molar-refractivity contribution >= 4 is 17.4 Å². The highest BCUT2D eigenvalue weighted by Gasteiger charge is 2.10. The molecule has 0 saturated carbocycles. The van der Waals surface area contributed by atoms with Crippen LogP contribution in [0.5, 0.6) is 0 Å². The van der Waals surface area contributed by atoms with Crippen LogP contribution in [0.3, 0.4) is 0 Å². The minimum atomic E-state index is 0.429. The first kappa shape index (κ1) is 15.2. The largest absolute Gasteiger partial charge is 0.367 e. The Morgan fingerprint density at radius 3 is 2.67 bits per heavy atom. The quantitative estimate of drug-likeness (QED) is 0.559. The summed E-state index contributed by atoms with van der Waals surface area (Å²) >= 11 is 6.07. The molecular weight excluding hydrogens is 246 g/mol. The summed E-state index contributed by atoms with van der Waals surface area (Å²) < 4.78 is 0. The molecule has 0 bridgehead atoms. The summed E-state index contributed by atoms with van der Waals surface area (Å²) in [6.07, 6.45) is 8.73. The standard InChI is InChI=1S/C14H24ClN3/c1-4-6-7-8-9-11(3)18-14-12(5-2)13(15)16-10-17-14/h10-11H,4-9H2,1-3H3,(H,16,17,18). The zero-order valence-electron chi connectivity index (χ0n) is 11.7. The van der Waals surface area contributed by atoms with Crippen molar-refractivity contribution in [2.75, 3.05) is 5.32 Å². The fraction of sp³-hybridized carbons (Fsp3) is 0.714. The van der Waals surface area contributed by atoms with Crippen molar-refractivity contribution in [3.05, 3.63) is 17.0 Å². The molecule has 1 aromatic heterocycles. The topological polar surface area (TPSA) is 37.8 Å². The first-order valence-electron chi connectivity index (χ1n) is 6.94. The highest BCUT2D eigenvalue weighted by atomic mass is 35.5. The average Bonchev–Trinajstić information content (AvgIpc) is 2.35. The molecule has 0 aromatic carbocycles. The molecule has 3 nitrogen and oxygen atoms in total. The summed E-state index contributed by atoms with van der Waals surface area (Å²) in [4.78, 5) is 8.31. The summed E-state index contributed by atoms with van der Waals surface area (Å²) in [5.41, 5.74) is 1.01. The van der Waals surface area contributed by atoms with Crippen LogP contribution in [-0.4, -0.2) is 16.0 Å². The van der Waals surface area contributed by atoms with Crippen LogP contribution in [0.4, 0.5) is 5.82 Å². The van der Waals surface area contributed by atoms with Gasteiger partial charge in [-0.25, -0.2) is 9.97 Å². The van der Waals surface area contributed by atoms with Crippen LogP contribution in [0, 0.1) is 0 Å². The van der Waals surface area contributed by atoms with Crippen molar-refractivity contribution in [3.63, 3.8) is 0 Å². The number of unbranched alkanes of at least 4 members (excludes halogenated alkanes) is 3. The molecule has 0 fully saturated rings. The molecule has 1 aromatic rings. The fourth-order valence-electron chi connectivity index (χ4n) is 2.01. The summed E-state index contributed by atoms with van der Waals surface area (Å²) in [6.45, 7) is 6.50. The molecule has 0 spiro atoms. The van der Waals surface area contributed by atoms with Gasteiger partial charge in [-0.15, -0.1) is 0 Å². The Kier molecular flexibility index (Phi) is 7.02. The van der Waals surface area contributed by atoms with Gasteiger partial charge in [0.05, 0.1) is 0 Å².